The summed E-state index contributed by atoms with van der Waals surface area (Å²) in [4.78, 5) is 51.8. The summed E-state index contributed by atoms with van der Waals surface area (Å²) < 4.78 is 0. The number of nitrogens with one attached hydrogen (secondary N) is 1. The number of hydrogen-bond acceptors (Lipinski definition) is 9. The highest BCUT2D eigenvalue weighted by Crippen LogP contribution is 2.53. The van der Waals surface area contributed by atoms with Crippen LogP contribution in [0.25, 0.3) is 5.76 Å². The van der Waals surface area contributed by atoms with Gasteiger partial charge in [0, 0.05) is 11.5 Å². The Bertz CT molecular complexity index is 1250. The number of likely N-dealkylation sites (N-methyl/N-ethyl adjacent to an activating group) is 1. The Morgan fingerprint density at radius 1 is 1.23 bits per heavy atom. The monoisotopic (exact) mass is 505 g/mol. The third kappa shape index (κ3) is 3.41. The van der Waals surface area contributed by atoms with Crippen molar-refractivity contribution in [2.75, 3.05) is 25.3 Å². The summed E-state index contributed by atoms with van der Waals surface area (Å²) in [6, 6.07) is 1.85. The molecule has 3 aliphatic carbocycles. The van der Waals surface area contributed by atoms with Crippen LogP contribution in [0.15, 0.2) is 29.0 Å². The number of carbonyl (C=O) groups excluding carboxylic acids is 4. The average molecular weight is 506 g/mol. The smallest absolute Gasteiger partial charge is 0.255 e. The minimum Gasteiger partial charge on any atom is -0.508 e. The molecule has 0 aromatic heterocycles. The van der Waals surface area contributed by atoms with Crippen LogP contribution in [0.1, 0.15) is 17.5 Å². The van der Waals surface area contributed by atoms with E-state index in [9.17, 15) is 39.6 Å². The maximum Gasteiger partial charge on any atom is 0.255 e. The number of primary amides is 1. The molecule has 1 aromatic rings. The van der Waals surface area contributed by atoms with Crippen LogP contribution < -0.4 is 11.1 Å². The van der Waals surface area contributed by atoms with Crippen molar-refractivity contribution in [3.8, 4) is 5.75 Å². The van der Waals surface area contributed by atoms with Gasteiger partial charge in [-0.05, 0) is 44.5 Å². The summed E-state index contributed by atoms with van der Waals surface area (Å²) in [5.41, 5.74) is 1.75. The van der Waals surface area contributed by atoms with Crippen LogP contribution >= 0.6 is 11.6 Å². The number of phenols is 1. The van der Waals surface area contributed by atoms with E-state index in [1.165, 1.54) is 25.1 Å². The second-order valence-electron chi connectivity index (χ2n) is 9.14. The third-order valence-corrected chi connectivity index (χ3v) is 7.23. The number of halogens is 1. The van der Waals surface area contributed by atoms with Gasteiger partial charge in [-0.15, -0.1) is 11.6 Å². The molecule has 2 unspecified atom stereocenters. The van der Waals surface area contributed by atoms with Crippen LogP contribution in [0.3, 0.4) is 0 Å². The Balaban J connectivity index is 1.92. The lowest BCUT2D eigenvalue weighted by Crippen LogP contribution is -2.65. The number of aliphatic hydroxyl groups is 3. The molecule has 0 radical (unpaired) electrons. The van der Waals surface area contributed by atoms with Crippen molar-refractivity contribution < 1.29 is 39.6 Å². The SMILES string of the molecule is CN(C)[C@@H]1C(=O)C(C(N)=O)=C(O)[C@@]2(O)C(=O)C3=C(O)c4c(ccc(NC(=O)CCl)c4O)CC3CC12. The van der Waals surface area contributed by atoms with E-state index >= 15 is 0 Å². The molecule has 0 bridgehead atoms. The number of nitrogens with zero attached hydrogens (tertiary/aromatic N) is 1. The molecular formula is C23H24ClN3O8. The van der Waals surface area contributed by atoms with Gasteiger partial charge in [-0.3, -0.25) is 24.1 Å². The molecule has 0 saturated heterocycles. The predicted molar refractivity (Wildman–Crippen MR) is 124 cm³/mol. The minimum absolute atomic E-state index is 0.00272. The quantitative estimate of drug-likeness (QED) is 0.188. The summed E-state index contributed by atoms with van der Waals surface area (Å²) in [6.07, 6.45) is 0.156. The van der Waals surface area contributed by atoms with Gasteiger partial charge < -0.3 is 31.5 Å². The van der Waals surface area contributed by atoms with Gasteiger partial charge in [-0.1, -0.05) is 6.07 Å². The van der Waals surface area contributed by atoms with Gasteiger partial charge in [-0.25, -0.2) is 0 Å². The summed E-state index contributed by atoms with van der Waals surface area (Å²) in [6.45, 7) is 0. The Hall–Kier alpha value is -3.41. The number of amides is 2. The Kier molecular flexibility index (Phi) is 5.90. The van der Waals surface area contributed by atoms with Crippen LogP contribution in [0, 0.1) is 11.8 Å². The van der Waals surface area contributed by atoms with Gasteiger partial charge in [0.1, 0.15) is 28.7 Å². The maximum absolute atomic E-state index is 13.7. The lowest BCUT2D eigenvalue weighted by Gasteiger charge is -2.50. The first-order valence-corrected chi connectivity index (χ1v) is 11.2. The number of fused-ring (bicyclic) bond motifs is 3. The number of benzene rings is 1. The summed E-state index contributed by atoms with van der Waals surface area (Å²) in [5.74, 6) is -8.30. The van der Waals surface area contributed by atoms with Gasteiger partial charge >= 0.3 is 0 Å². The van der Waals surface area contributed by atoms with E-state index in [0.717, 1.165) is 0 Å². The third-order valence-electron chi connectivity index (χ3n) is 6.99. The van der Waals surface area contributed by atoms with Crippen molar-refractivity contribution in [3.63, 3.8) is 0 Å². The number of hydrogen-bond donors (Lipinski definition) is 6. The van der Waals surface area contributed by atoms with Gasteiger partial charge in [-0.2, -0.15) is 0 Å². The van der Waals surface area contributed by atoms with Gasteiger partial charge in [0.2, 0.25) is 11.7 Å². The molecule has 1 saturated carbocycles. The van der Waals surface area contributed by atoms with Gasteiger partial charge in [0.05, 0.1) is 17.3 Å². The standard InChI is InChI=1S/C23H24ClN3O8/c1-27(2)16-10-6-9-5-8-3-4-11(26-12(28)7-24)17(29)13(8)18(30)14(9)20(32)23(10,35)21(33)15(19(16)31)22(25)34/h3-4,9-10,16,29-30,33,35H,5-7H2,1-2H3,(H2,25,34)(H,26,28)/t9?,10?,16-,23-/m0/s1. The molecule has 2 amide bonds. The van der Waals surface area contributed by atoms with Crippen LogP contribution in [0.4, 0.5) is 5.69 Å². The highest BCUT2D eigenvalue weighted by Gasteiger charge is 2.64. The fraction of sp³-hybridized carbons (Fsp3) is 0.391. The molecule has 7 N–H and O–H groups in total. The van der Waals surface area contributed by atoms with Crippen molar-refractivity contribution in [2.24, 2.45) is 17.6 Å². The van der Waals surface area contributed by atoms with Crippen molar-refractivity contribution in [3.05, 3.63) is 40.2 Å². The molecule has 4 rings (SSSR count). The van der Waals surface area contributed by atoms with Crippen LogP contribution in [0.2, 0.25) is 0 Å². The van der Waals surface area contributed by atoms with Crippen molar-refractivity contribution in [1.82, 2.24) is 4.90 Å². The van der Waals surface area contributed by atoms with Crippen LogP contribution in [-0.4, -0.2) is 80.3 Å². The molecule has 1 aromatic carbocycles. The van der Waals surface area contributed by atoms with E-state index in [4.69, 9.17) is 17.3 Å². The number of ketones is 2. The van der Waals surface area contributed by atoms with Gasteiger partial charge in [0.25, 0.3) is 5.91 Å². The predicted octanol–water partition coefficient (Wildman–Crippen LogP) is 0.141. The fourth-order valence-corrected chi connectivity index (χ4v) is 5.57. The Labute approximate surface area is 204 Å². The minimum atomic E-state index is -2.70. The molecule has 12 heteroatoms. The summed E-state index contributed by atoms with van der Waals surface area (Å²) in [5, 5.41) is 46.6. The van der Waals surface area contributed by atoms with E-state index in [-0.39, 0.29) is 35.5 Å². The molecule has 0 heterocycles. The zero-order valence-electron chi connectivity index (χ0n) is 18.8. The van der Waals surface area contributed by atoms with Crippen molar-refractivity contribution in [2.45, 2.75) is 24.5 Å². The number of rotatable bonds is 4. The van der Waals surface area contributed by atoms with E-state index in [2.05, 4.69) is 5.32 Å². The second kappa shape index (κ2) is 8.36. The van der Waals surface area contributed by atoms with E-state index < -0.39 is 69.7 Å². The molecule has 186 valence electrons. The first-order chi connectivity index (χ1) is 16.4. The van der Waals surface area contributed by atoms with Gasteiger partial charge in [0.15, 0.2) is 11.4 Å². The lowest BCUT2D eigenvalue weighted by atomic mass is 9.57. The number of nitrogens with two attached hydrogens (primary N) is 1. The van der Waals surface area contributed by atoms with Crippen LogP contribution in [0.5, 0.6) is 5.75 Å². The summed E-state index contributed by atoms with van der Waals surface area (Å²) in [7, 11) is 3.06. The zero-order chi connectivity index (χ0) is 26.0. The largest absolute Gasteiger partial charge is 0.508 e. The van der Waals surface area contributed by atoms with E-state index in [1.807, 2.05) is 0 Å². The molecule has 4 atom stereocenters. The molecule has 0 spiro atoms. The molecular weight excluding hydrogens is 482 g/mol. The molecule has 35 heavy (non-hydrogen) atoms. The maximum atomic E-state index is 13.7. The fourth-order valence-electron chi connectivity index (χ4n) is 5.50. The molecule has 1 fully saturated rings. The molecule has 11 nitrogen and oxygen atoms in total. The number of aromatic hydroxyl groups is 1. The molecule has 0 aliphatic heterocycles. The number of anilines is 1. The Morgan fingerprint density at radius 2 is 1.89 bits per heavy atom. The highest BCUT2D eigenvalue weighted by molar-refractivity contribution is 6.29. The lowest BCUT2D eigenvalue weighted by molar-refractivity contribution is -0.153. The molecule has 3 aliphatic rings. The number of Topliss-reactive ketones (excluding diaryl/α,β-unsaturated/α-hetero) is 2. The van der Waals surface area contributed by atoms with Crippen molar-refractivity contribution >= 4 is 46.4 Å². The number of alkyl halides is 1. The highest BCUT2D eigenvalue weighted by atomic mass is 35.5. The van der Waals surface area contributed by atoms with Crippen LogP contribution in [-0.2, 0) is 25.6 Å². The first kappa shape index (κ1) is 24.7. The first-order valence-electron chi connectivity index (χ1n) is 10.7. The normalized spacial score (nSPS) is 28.0. The Morgan fingerprint density at radius 3 is 2.46 bits per heavy atom. The number of aliphatic hydroxyl groups excluding tert-OH is 2. The number of carbonyl (C=O) groups is 4. The van der Waals surface area contributed by atoms with Crippen molar-refractivity contribution in [1.29, 1.82) is 0 Å². The second-order valence-corrected chi connectivity index (χ2v) is 9.41. The van der Waals surface area contributed by atoms with E-state index in [0.29, 0.717) is 5.56 Å². The average Bonchev–Trinajstić information content (AvgIpc) is 2.77. The zero-order valence-corrected chi connectivity index (χ0v) is 19.6. The topological polar surface area (TPSA) is 190 Å². The number of phenolic OH excluding ortho intramolecular Hbond substituents is 1. The van der Waals surface area contributed by atoms with E-state index in [1.54, 1.807) is 6.07 Å². The summed E-state index contributed by atoms with van der Waals surface area (Å²) >= 11 is 5.50.